The quantitative estimate of drug-likeness (QED) is 0.803. The lowest BCUT2D eigenvalue weighted by Crippen LogP contribution is -2.23. The van der Waals surface area contributed by atoms with Crippen LogP contribution in [0.1, 0.15) is 36.7 Å². The normalized spacial score (nSPS) is 20.7. The lowest BCUT2D eigenvalue weighted by molar-refractivity contribution is 0.389. The number of nitrogens with zero attached hydrogens (tertiary/aromatic N) is 1. The first-order valence-corrected chi connectivity index (χ1v) is 5.86. The predicted molar refractivity (Wildman–Crippen MR) is 55.9 cm³/mol. The average Bonchev–Trinajstić information content (AvgIpc) is 2.76. The van der Waals surface area contributed by atoms with Crippen LogP contribution in [-0.4, -0.2) is 12.0 Å². The van der Waals surface area contributed by atoms with Crippen molar-refractivity contribution in [2.75, 3.05) is 7.05 Å². The summed E-state index contributed by atoms with van der Waals surface area (Å²) in [6.45, 7) is 0. The van der Waals surface area contributed by atoms with Crippen LogP contribution in [0.25, 0.3) is 0 Å². The smallest absolute Gasteiger partial charge is 0.110 e. The van der Waals surface area contributed by atoms with E-state index in [9.17, 15) is 0 Å². The van der Waals surface area contributed by atoms with Gasteiger partial charge in [0.15, 0.2) is 0 Å². The zero-order valence-corrected chi connectivity index (χ0v) is 8.81. The van der Waals surface area contributed by atoms with E-state index in [4.69, 9.17) is 0 Å². The maximum absolute atomic E-state index is 4.39. The van der Waals surface area contributed by atoms with Crippen molar-refractivity contribution in [2.45, 2.75) is 31.7 Å². The van der Waals surface area contributed by atoms with Gasteiger partial charge in [0.25, 0.3) is 0 Å². The van der Waals surface area contributed by atoms with Crippen LogP contribution >= 0.6 is 11.3 Å². The topological polar surface area (TPSA) is 24.9 Å². The first-order chi connectivity index (χ1) is 6.42. The van der Waals surface area contributed by atoms with Gasteiger partial charge in [0, 0.05) is 11.6 Å². The second-order valence-electron chi connectivity index (χ2n) is 3.68. The molecular formula is C10H16N2S. The molecule has 1 N–H and O–H groups in total. The molecule has 13 heavy (non-hydrogen) atoms. The van der Waals surface area contributed by atoms with Crippen LogP contribution in [0.3, 0.4) is 0 Å². The van der Waals surface area contributed by atoms with Crippen LogP contribution in [0.4, 0.5) is 0 Å². The molecule has 2 rings (SSSR count). The molecule has 0 radical (unpaired) electrons. The number of aromatic nitrogens is 1. The minimum Gasteiger partial charge on any atom is -0.311 e. The van der Waals surface area contributed by atoms with Crippen molar-refractivity contribution < 1.29 is 0 Å². The Bertz CT molecular complexity index is 239. The second-order valence-corrected chi connectivity index (χ2v) is 4.61. The SMILES string of the molecule is CNC(c1nccs1)C1CCCC1. The lowest BCUT2D eigenvalue weighted by Gasteiger charge is -2.20. The van der Waals surface area contributed by atoms with Gasteiger partial charge in [0.1, 0.15) is 5.01 Å². The van der Waals surface area contributed by atoms with E-state index < -0.39 is 0 Å². The Morgan fingerprint density at radius 1 is 1.54 bits per heavy atom. The van der Waals surface area contributed by atoms with E-state index in [1.807, 2.05) is 13.2 Å². The molecule has 0 aliphatic heterocycles. The predicted octanol–water partition coefficient (Wildman–Crippen LogP) is 2.59. The molecule has 0 aromatic carbocycles. The van der Waals surface area contributed by atoms with Crippen LogP contribution in [0, 0.1) is 5.92 Å². The maximum atomic E-state index is 4.39. The number of rotatable bonds is 3. The van der Waals surface area contributed by atoms with Crippen LogP contribution < -0.4 is 5.32 Å². The monoisotopic (exact) mass is 196 g/mol. The second kappa shape index (κ2) is 4.20. The van der Waals surface area contributed by atoms with Crippen LogP contribution in [0.15, 0.2) is 11.6 Å². The molecule has 3 heteroatoms. The van der Waals surface area contributed by atoms with Crippen molar-refractivity contribution in [3.05, 3.63) is 16.6 Å². The largest absolute Gasteiger partial charge is 0.311 e. The first-order valence-electron chi connectivity index (χ1n) is 4.98. The summed E-state index contributed by atoms with van der Waals surface area (Å²) in [4.78, 5) is 4.39. The van der Waals surface area contributed by atoms with E-state index in [1.165, 1.54) is 30.7 Å². The van der Waals surface area contributed by atoms with E-state index in [0.29, 0.717) is 6.04 Å². The van der Waals surface area contributed by atoms with E-state index >= 15 is 0 Å². The van der Waals surface area contributed by atoms with Gasteiger partial charge in [-0.3, -0.25) is 0 Å². The van der Waals surface area contributed by atoms with Gasteiger partial charge in [0.2, 0.25) is 0 Å². The molecular weight excluding hydrogens is 180 g/mol. The molecule has 2 nitrogen and oxygen atoms in total. The molecule has 1 heterocycles. The van der Waals surface area contributed by atoms with Crippen molar-refractivity contribution in [2.24, 2.45) is 5.92 Å². The fourth-order valence-corrected chi connectivity index (χ4v) is 3.08. The van der Waals surface area contributed by atoms with Gasteiger partial charge in [0.05, 0.1) is 6.04 Å². The first kappa shape index (κ1) is 9.16. The highest BCUT2D eigenvalue weighted by atomic mass is 32.1. The van der Waals surface area contributed by atoms with Crippen molar-refractivity contribution in [3.63, 3.8) is 0 Å². The summed E-state index contributed by atoms with van der Waals surface area (Å²) in [5, 5.41) is 6.72. The van der Waals surface area contributed by atoms with Crippen molar-refractivity contribution in [3.8, 4) is 0 Å². The summed E-state index contributed by atoms with van der Waals surface area (Å²) in [5.74, 6) is 0.816. The van der Waals surface area contributed by atoms with Crippen LogP contribution in [0.2, 0.25) is 0 Å². The average molecular weight is 196 g/mol. The molecule has 1 aliphatic rings. The minimum absolute atomic E-state index is 0.502. The third-order valence-corrected chi connectivity index (χ3v) is 3.76. The molecule has 1 saturated carbocycles. The lowest BCUT2D eigenvalue weighted by atomic mass is 9.99. The highest BCUT2D eigenvalue weighted by Gasteiger charge is 2.26. The van der Waals surface area contributed by atoms with E-state index in [2.05, 4.69) is 15.7 Å². The van der Waals surface area contributed by atoms with Crippen molar-refractivity contribution >= 4 is 11.3 Å². The van der Waals surface area contributed by atoms with Gasteiger partial charge in [-0.05, 0) is 25.8 Å². The fraction of sp³-hybridized carbons (Fsp3) is 0.700. The summed E-state index contributed by atoms with van der Waals surface area (Å²) in [5.41, 5.74) is 0. The Kier molecular flexibility index (Phi) is 2.96. The highest BCUT2D eigenvalue weighted by molar-refractivity contribution is 7.09. The molecule has 0 saturated heterocycles. The van der Waals surface area contributed by atoms with E-state index in [0.717, 1.165) is 5.92 Å². The van der Waals surface area contributed by atoms with Crippen LogP contribution in [-0.2, 0) is 0 Å². The highest BCUT2D eigenvalue weighted by Crippen LogP contribution is 2.35. The summed E-state index contributed by atoms with van der Waals surface area (Å²) >= 11 is 1.77. The van der Waals surface area contributed by atoms with Crippen LogP contribution in [0.5, 0.6) is 0 Å². The Morgan fingerprint density at radius 2 is 2.31 bits per heavy atom. The Hall–Kier alpha value is -0.410. The molecule has 1 atom stereocenters. The van der Waals surface area contributed by atoms with Gasteiger partial charge in [-0.2, -0.15) is 0 Å². The Balaban J connectivity index is 2.08. The van der Waals surface area contributed by atoms with Gasteiger partial charge in [-0.15, -0.1) is 11.3 Å². The molecule has 72 valence electrons. The summed E-state index contributed by atoms with van der Waals surface area (Å²) in [6.07, 6.45) is 7.43. The van der Waals surface area contributed by atoms with Crippen molar-refractivity contribution in [1.82, 2.24) is 10.3 Å². The fourth-order valence-electron chi connectivity index (χ4n) is 2.24. The molecule has 1 unspecified atom stereocenters. The van der Waals surface area contributed by atoms with E-state index in [1.54, 1.807) is 11.3 Å². The molecule has 0 bridgehead atoms. The van der Waals surface area contributed by atoms with E-state index in [-0.39, 0.29) is 0 Å². The third-order valence-electron chi connectivity index (χ3n) is 2.90. The molecule has 0 amide bonds. The summed E-state index contributed by atoms with van der Waals surface area (Å²) < 4.78 is 0. The third kappa shape index (κ3) is 1.92. The maximum Gasteiger partial charge on any atom is 0.110 e. The molecule has 1 fully saturated rings. The number of nitrogens with one attached hydrogen (secondary N) is 1. The number of hydrogen-bond donors (Lipinski definition) is 1. The van der Waals surface area contributed by atoms with Gasteiger partial charge < -0.3 is 5.32 Å². The zero-order valence-electron chi connectivity index (χ0n) is 7.99. The molecule has 0 spiro atoms. The van der Waals surface area contributed by atoms with Crippen molar-refractivity contribution in [1.29, 1.82) is 0 Å². The number of hydrogen-bond acceptors (Lipinski definition) is 3. The standard InChI is InChI=1S/C10H16N2S/c1-11-9(8-4-2-3-5-8)10-12-6-7-13-10/h6-9,11H,2-5H2,1H3. The minimum atomic E-state index is 0.502. The molecule has 1 aromatic rings. The van der Waals surface area contributed by atoms with Gasteiger partial charge >= 0.3 is 0 Å². The van der Waals surface area contributed by atoms with Gasteiger partial charge in [-0.25, -0.2) is 4.98 Å². The zero-order chi connectivity index (χ0) is 9.10. The van der Waals surface area contributed by atoms with Gasteiger partial charge in [-0.1, -0.05) is 12.8 Å². The summed E-state index contributed by atoms with van der Waals surface area (Å²) in [7, 11) is 2.05. The summed E-state index contributed by atoms with van der Waals surface area (Å²) in [6, 6.07) is 0.502. The Morgan fingerprint density at radius 3 is 2.85 bits per heavy atom. The Labute approximate surface area is 83.4 Å². The number of thiazole rings is 1. The molecule has 1 aliphatic carbocycles. The molecule has 1 aromatic heterocycles.